The Morgan fingerprint density at radius 2 is 2.03 bits per heavy atom. The molecule has 0 saturated carbocycles. The Labute approximate surface area is 171 Å². The van der Waals surface area contributed by atoms with E-state index < -0.39 is 16.6 Å². The lowest BCUT2D eigenvalue weighted by molar-refractivity contribution is -0.384. The fourth-order valence-electron chi connectivity index (χ4n) is 2.97. The number of oxazole rings is 1. The van der Waals surface area contributed by atoms with E-state index in [2.05, 4.69) is 4.98 Å². The number of nitro benzene ring substituents is 1. The van der Waals surface area contributed by atoms with Crippen molar-refractivity contribution in [1.82, 2.24) is 9.88 Å². The van der Waals surface area contributed by atoms with E-state index >= 15 is 0 Å². The number of hydrogen-bond acceptors (Lipinski definition) is 5. The summed E-state index contributed by atoms with van der Waals surface area (Å²) in [7, 11) is 1.61. The summed E-state index contributed by atoms with van der Waals surface area (Å²) in [6.45, 7) is 1.78. The van der Waals surface area contributed by atoms with Gasteiger partial charge in [0.25, 0.3) is 5.69 Å². The number of benzene rings is 2. The van der Waals surface area contributed by atoms with Crippen LogP contribution < -0.4 is 0 Å². The monoisotopic (exact) mass is 415 g/mol. The highest BCUT2D eigenvalue weighted by Gasteiger charge is 2.20. The van der Waals surface area contributed by atoms with E-state index in [0.29, 0.717) is 5.56 Å². The Kier molecular flexibility index (Phi) is 6.20. The zero-order valence-corrected chi connectivity index (χ0v) is 16.3. The molecule has 7 nitrogen and oxygen atoms in total. The molecule has 9 heteroatoms. The number of carbonyl (C=O) groups is 1. The van der Waals surface area contributed by atoms with Crippen LogP contribution in [0.2, 0.25) is 0 Å². The van der Waals surface area contributed by atoms with Crippen LogP contribution in [0.5, 0.6) is 0 Å². The molecule has 1 heterocycles. The zero-order chi connectivity index (χ0) is 21.8. The molecule has 0 radical (unpaired) electrons. The van der Waals surface area contributed by atoms with E-state index in [1.165, 1.54) is 29.3 Å². The van der Waals surface area contributed by atoms with E-state index in [1.807, 2.05) is 0 Å². The molecule has 0 fully saturated rings. The Morgan fingerprint density at radius 3 is 2.73 bits per heavy atom. The van der Waals surface area contributed by atoms with Gasteiger partial charge >= 0.3 is 0 Å². The van der Waals surface area contributed by atoms with Crippen LogP contribution in [-0.4, -0.2) is 27.8 Å². The first-order valence-corrected chi connectivity index (χ1v) is 9.16. The number of aromatic nitrogens is 1. The maximum atomic E-state index is 13.9. The number of amides is 1. The second kappa shape index (κ2) is 8.81. The predicted molar refractivity (Wildman–Crippen MR) is 104 cm³/mol. The van der Waals surface area contributed by atoms with Gasteiger partial charge in [-0.15, -0.1) is 0 Å². The minimum absolute atomic E-state index is 0.0412. The van der Waals surface area contributed by atoms with Gasteiger partial charge in [0.05, 0.1) is 22.7 Å². The number of nitro groups is 1. The van der Waals surface area contributed by atoms with Crippen LogP contribution in [0.4, 0.5) is 14.5 Å². The van der Waals surface area contributed by atoms with Gasteiger partial charge in [0.15, 0.2) is 11.7 Å². The summed E-state index contributed by atoms with van der Waals surface area (Å²) < 4.78 is 32.4. The highest BCUT2D eigenvalue weighted by atomic mass is 19.1. The summed E-state index contributed by atoms with van der Waals surface area (Å²) in [5, 5.41) is 10.9. The molecule has 0 bridgehead atoms. The van der Waals surface area contributed by atoms with Crippen molar-refractivity contribution in [3.63, 3.8) is 0 Å². The molecule has 1 atom stereocenters. The van der Waals surface area contributed by atoms with Crippen LogP contribution in [0.1, 0.15) is 30.8 Å². The number of aryl methyl sites for hydroxylation is 1. The molecule has 156 valence electrons. The van der Waals surface area contributed by atoms with Crippen LogP contribution in [0.25, 0.3) is 11.3 Å². The number of halogens is 2. The molecule has 1 amide bonds. The SMILES string of the molecule is C[C@H](c1cccc([N+](=O)[O-])c1)N(C)C(=O)CCc1ncc(-c2ccc(F)cc2F)o1. The molecule has 2 aromatic carbocycles. The molecular formula is C21H19F2N3O4. The van der Waals surface area contributed by atoms with Crippen molar-refractivity contribution in [2.24, 2.45) is 0 Å². The standard InChI is InChI=1S/C21H19F2N3O4/c1-13(14-4-3-5-16(10-14)26(28)29)25(2)21(27)9-8-20-24-12-19(30-20)17-7-6-15(22)11-18(17)23/h3-7,10-13H,8-9H2,1-2H3/t13-/m1/s1. The molecule has 0 aliphatic rings. The van der Waals surface area contributed by atoms with Crippen molar-refractivity contribution in [1.29, 1.82) is 0 Å². The predicted octanol–water partition coefficient (Wildman–Crippen LogP) is 4.68. The Morgan fingerprint density at radius 1 is 1.27 bits per heavy atom. The third-order valence-electron chi connectivity index (χ3n) is 4.84. The molecular weight excluding hydrogens is 396 g/mol. The van der Waals surface area contributed by atoms with Crippen molar-refractivity contribution in [3.8, 4) is 11.3 Å². The number of nitrogens with zero attached hydrogens (tertiary/aromatic N) is 3. The van der Waals surface area contributed by atoms with Crippen LogP contribution in [0.3, 0.4) is 0 Å². The van der Waals surface area contributed by atoms with Crippen molar-refractivity contribution in [3.05, 3.63) is 81.9 Å². The maximum absolute atomic E-state index is 13.9. The minimum atomic E-state index is -0.765. The summed E-state index contributed by atoms with van der Waals surface area (Å²) in [6.07, 6.45) is 1.60. The van der Waals surface area contributed by atoms with E-state index in [4.69, 9.17) is 4.42 Å². The van der Waals surface area contributed by atoms with E-state index in [0.717, 1.165) is 12.1 Å². The average molecular weight is 415 g/mol. The molecule has 0 aliphatic carbocycles. The van der Waals surface area contributed by atoms with E-state index in [9.17, 15) is 23.7 Å². The molecule has 0 N–H and O–H groups in total. The molecule has 0 saturated heterocycles. The second-order valence-corrected chi connectivity index (χ2v) is 6.78. The van der Waals surface area contributed by atoms with Gasteiger partial charge in [0.2, 0.25) is 5.91 Å². The first-order chi connectivity index (χ1) is 14.3. The topological polar surface area (TPSA) is 89.5 Å². The van der Waals surface area contributed by atoms with Crippen molar-refractivity contribution < 1.29 is 22.9 Å². The van der Waals surface area contributed by atoms with Crippen molar-refractivity contribution >= 4 is 11.6 Å². The summed E-state index contributed by atoms with van der Waals surface area (Å²) in [5.41, 5.74) is 0.684. The molecule has 1 aromatic heterocycles. The molecule has 30 heavy (non-hydrogen) atoms. The minimum Gasteiger partial charge on any atom is -0.441 e. The van der Waals surface area contributed by atoms with Crippen LogP contribution in [0, 0.1) is 21.7 Å². The fourth-order valence-corrected chi connectivity index (χ4v) is 2.97. The van der Waals surface area contributed by atoms with Gasteiger partial charge in [-0.3, -0.25) is 14.9 Å². The normalized spacial score (nSPS) is 11.9. The van der Waals surface area contributed by atoms with Gasteiger partial charge in [-0.1, -0.05) is 12.1 Å². The summed E-state index contributed by atoms with van der Waals surface area (Å²) in [5.74, 6) is -1.27. The molecule has 0 aliphatic heterocycles. The van der Waals surface area contributed by atoms with Crippen LogP contribution >= 0.6 is 0 Å². The van der Waals surface area contributed by atoms with Gasteiger partial charge in [0.1, 0.15) is 11.6 Å². The Bertz CT molecular complexity index is 1080. The van der Waals surface area contributed by atoms with E-state index in [-0.39, 0.29) is 47.7 Å². The Hall–Kier alpha value is -3.62. The lowest BCUT2D eigenvalue weighted by Gasteiger charge is -2.25. The van der Waals surface area contributed by atoms with Crippen LogP contribution in [0.15, 0.2) is 53.1 Å². The van der Waals surface area contributed by atoms with Crippen molar-refractivity contribution in [2.45, 2.75) is 25.8 Å². The van der Waals surface area contributed by atoms with E-state index in [1.54, 1.807) is 26.1 Å². The number of rotatable bonds is 7. The highest BCUT2D eigenvalue weighted by Crippen LogP contribution is 2.26. The lowest BCUT2D eigenvalue weighted by Crippen LogP contribution is -2.29. The number of carbonyl (C=O) groups excluding carboxylic acids is 1. The third-order valence-corrected chi connectivity index (χ3v) is 4.84. The van der Waals surface area contributed by atoms with Crippen molar-refractivity contribution in [2.75, 3.05) is 7.05 Å². The van der Waals surface area contributed by atoms with Gasteiger partial charge in [-0.25, -0.2) is 13.8 Å². The summed E-state index contributed by atoms with van der Waals surface area (Å²) >= 11 is 0. The first-order valence-electron chi connectivity index (χ1n) is 9.16. The van der Waals surface area contributed by atoms with Crippen LogP contribution in [-0.2, 0) is 11.2 Å². The maximum Gasteiger partial charge on any atom is 0.269 e. The van der Waals surface area contributed by atoms with Gasteiger partial charge in [-0.05, 0) is 24.6 Å². The molecule has 0 unspecified atom stereocenters. The fraction of sp³-hybridized carbons (Fsp3) is 0.238. The largest absolute Gasteiger partial charge is 0.441 e. The molecule has 3 rings (SSSR count). The quantitative estimate of drug-likeness (QED) is 0.413. The first kappa shape index (κ1) is 21.1. The molecule has 0 spiro atoms. The van der Waals surface area contributed by atoms with Gasteiger partial charge < -0.3 is 9.32 Å². The highest BCUT2D eigenvalue weighted by molar-refractivity contribution is 5.76. The smallest absolute Gasteiger partial charge is 0.269 e. The number of hydrogen-bond donors (Lipinski definition) is 0. The second-order valence-electron chi connectivity index (χ2n) is 6.78. The van der Waals surface area contributed by atoms with Gasteiger partial charge in [0, 0.05) is 38.1 Å². The summed E-state index contributed by atoms with van der Waals surface area (Å²) in [6, 6.07) is 8.89. The molecule has 3 aromatic rings. The number of non-ortho nitro benzene ring substituents is 1. The lowest BCUT2D eigenvalue weighted by atomic mass is 10.1. The summed E-state index contributed by atoms with van der Waals surface area (Å²) in [4.78, 5) is 28.5. The zero-order valence-electron chi connectivity index (χ0n) is 16.3. The average Bonchev–Trinajstić information content (AvgIpc) is 3.19. The Balaban J connectivity index is 1.63. The van der Waals surface area contributed by atoms with Gasteiger partial charge in [-0.2, -0.15) is 0 Å². The third kappa shape index (κ3) is 4.68.